The summed E-state index contributed by atoms with van der Waals surface area (Å²) in [5.74, 6) is -0.424. The van der Waals surface area contributed by atoms with Gasteiger partial charge in [0.1, 0.15) is 6.04 Å². The fraction of sp³-hybridized carbons (Fsp3) is 0.231. The van der Waals surface area contributed by atoms with Gasteiger partial charge in [-0.15, -0.1) is 12.4 Å². The Hall–Kier alpha value is -1.89. The van der Waals surface area contributed by atoms with Crippen molar-refractivity contribution >= 4 is 24.0 Å². The Morgan fingerprint density at radius 2 is 2.20 bits per heavy atom. The maximum Gasteiger partial charge on any atom is 0.243 e. The number of hydrogen-bond acceptors (Lipinski definition) is 4. The molecular weight excluding hydrogens is 280 g/mol. The number of benzene rings is 1. The van der Waals surface area contributed by atoms with Gasteiger partial charge in [-0.25, -0.2) is 4.68 Å². The number of hydrogen-bond donors (Lipinski definition) is 3. The lowest BCUT2D eigenvalue weighted by Crippen LogP contribution is -2.43. The van der Waals surface area contributed by atoms with Crippen molar-refractivity contribution < 1.29 is 9.90 Å². The minimum absolute atomic E-state index is 0. The zero-order valence-corrected chi connectivity index (χ0v) is 11.7. The third-order valence-electron chi connectivity index (χ3n) is 2.71. The van der Waals surface area contributed by atoms with E-state index >= 15 is 0 Å². The number of anilines is 1. The number of aromatic nitrogens is 2. The van der Waals surface area contributed by atoms with Gasteiger partial charge in [0.2, 0.25) is 5.91 Å². The highest BCUT2D eigenvalue weighted by molar-refractivity contribution is 5.95. The van der Waals surface area contributed by atoms with Gasteiger partial charge in [-0.2, -0.15) is 5.10 Å². The summed E-state index contributed by atoms with van der Waals surface area (Å²) < 4.78 is 1.68. The maximum atomic E-state index is 11.7. The van der Waals surface area contributed by atoms with Crippen LogP contribution in [-0.2, 0) is 4.79 Å². The Kier molecular flexibility index (Phi) is 5.69. The molecule has 0 saturated heterocycles. The number of nitrogens with two attached hydrogens (primary N) is 1. The smallest absolute Gasteiger partial charge is 0.243 e. The zero-order chi connectivity index (χ0) is 13.8. The molecule has 0 saturated carbocycles. The Morgan fingerprint density at radius 3 is 2.80 bits per heavy atom. The van der Waals surface area contributed by atoms with Gasteiger partial charge in [-0.1, -0.05) is 6.07 Å². The number of carbonyl (C=O) groups excluding carboxylic acids is 1. The Balaban J connectivity index is 0.00000200. The molecule has 0 unspecified atom stereocenters. The van der Waals surface area contributed by atoms with Crippen LogP contribution in [-0.4, -0.2) is 32.9 Å². The second-order valence-electron chi connectivity index (χ2n) is 4.26. The van der Waals surface area contributed by atoms with Crippen LogP contribution < -0.4 is 11.1 Å². The van der Waals surface area contributed by atoms with Crippen molar-refractivity contribution in [3.63, 3.8) is 0 Å². The van der Waals surface area contributed by atoms with Crippen LogP contribution in [0.2, 0.25) is 0 Å². The number of aliphatic hydroxyl groups excluding tert-OH is 1. The van der Waals surface area contributed by atoms with Crippen LogP contribution >= 0.6 is 12.4 Å². The predicted octanol–water partition coefficient (Wildman–Crippen LogP) is 0.941. The van der Waals surface area contributed by atoms with Crippen molar-refractivity contribution in [3.8, 4) is 5.69 Å². The molecule has 1 amide bonds. The number of aliphatic hydroxyl groups is 1. The van der Waals surface area contributed by atoms with E-state index in [0.29, 0.717) is 5.69 Å². The van der Waals surface area contributed by atoms with Crippen LogP contribution in [0.3, 0.4) is 0 Å². The van der Waals surface area contributed by atoms with Crippen molar-refractivity contribution in [2.45, 2.75) is 19.1 Å². The van der Waals surface area contributed by atoms with Crippen LogP contribution in [0.15, 0.2) is 42.7 Å². The first kappa shape index (κ1) is 16.2. The molecule has 1 aromatic heterocycles. The number of rotatable bonds is 4. The molecule has 6 nitrogen and oxygen atoms in total. The largest absolute Gasteiger partial charge is 0.391 e. The average Bonchev–Trinajstić information content (AvgIpc) is 2.91. The average molecular weight is 297 g/mol. The first-order chi connectivity index (χ1) is 9.08. The van der Waals surface area contributed by atoms with E-state index in [1.807, 2.05) is 18.3 Å². The summed E-state index contributed by atoms with van der Waals surface area (Å²) in [6.45, 7) is 1.48. The molecule has 4 N–H and O–H groups in total. The van der Waals surface area contributed by atoms with Crippen molar-refractivity contribution in [2.24, 2.45) is 5.73 Å². The van der Waals surface area contributed by atoms with Crippen molar-refractivity contribution in [1.29, 1.82) is 0 Å². The van der Waals surface area contributed by atoms with Crippen LogP contribution in [0.4, 0.5) is 5.69 Å². The predicted molar refractivity (Wildman–Crippen MR) is 79.1 cm³/mol. The highest BCUT2D eigenvalue weighted by atomic mass is 35.5. The summed E-state index contributed by atoms with van der Waals surface area (Å²) in [6.07, 6.45) is 2.59. The molecule has 2 rings (SSSR count). The molecule has 1 heterocycles. The zero-order valence-electron chi connectivity index (χ0n) is 10.9. The Bertz CT molecular complexity index is 557. The number of nitrogens with zero attached hydrogens (tertiary/aromatic N) is 2. The highest BCUT2D eigenvalue weighted by Gasteiger charge is 2.18. The number of amides is 1. The minimum Gasteiger partial charge on any atom is -0.391 e. The molecule has 0 radical (unpaired) electrons. The van der Waals surface area contributed by atoms with Crippen LogP contribution in [0.5, 0.6) is 0 Å². The van der Waals surface area contributed by atoms with Gasteiger partial charge in [-0.05, 0) is 31.2 Å². The number of nitrogens with one attached hydrogen (secondary N) is 1. The molecule has 7 heteroatoms. The number of carbonyl (C=O) groups is 1. The van der Waals surface area contributed by atoms with E-state index in [-0.39, 0.29) is 12.4 Å². The summed E-state index contributed by atoms with van der Waals surface area (Å²) in [4.78, 5) is 11.7. The lowest BCUT2D eigenvalue weighted by atomic mass is 10.2. The van der Waals surface area contributed by atoms with Crippen LogP contribution in [0, 0.1) is 0 Å². The molecule has 0 aliphatic heterocycles. The summed E-state index contributed by atoms with van der Waals surface area (Å²) in [7, 11) is 0. The van der Waals surface area contributed by atoms with Gasteiger partial charge in [0.25, 0.3) is 0 Å². The van der Waals surface area contributed by atoms with E-state index in [4.69, 9.17) is 5.73 Å². The lowest BCUT2D eigenvalue weighted by Gasteiger charge is -2.15. The Morgan fingerprint density at radius 1 is 1.45 bits per heavy atom. The summed E-state index contributed by atoms with van der Waals surface area (Å²) >= 11 is 0. The van der Waals surface area contributed by atoms with Gasteiger partial charge >= 0.3 is 0 Å². The van der Waals surface area contributed by atoms with Gasteiger partial charge < -0.3 is 16.2 Å². The van der Waals surface area contributed by atoms with E-state index in [9.17, 15) is 9.90 Å². The molecule has 0 spiro atoms. The van der Waals surface area contributed by atoms with Crippen molar-refractivity contribution in [3.05, 3.63) is 42.7 Å². The quantitative estimate of drug-likeness (QED) is 0.783. The van der Waals surface area contributed by atoms with Gasteiger partial charge in [-0.3, -0.25) is 4.79 Å². The second kappa shape index (κ2) is 7.04. The summed E-state index contributed by atoms with van der Waals surface area (Å²) in [5, 5.41) is 16.0. The third kappa shape index (κ3) is 3.80. The topological polar surface area (TPSA) is 93.2 Å². The van der Waals surface area contributed by atoms with E-state index in [1.165, 1.54) is 6.92 Å². The molecular formula is C13H17ClN4O2. The van der Waals surface area contributed by atoms with Crippen LogP contribution in [0.1, 0.15) is 6.92 Å². The lowest BCUT2D eigenvalue weighted by molar-refractivity contribution is -0.119. The molecule has 0 aliphatic carbocycles. The summed E-state index contributed by atoms with van der Waals surface area (Å²) in [5.41, 5.74) is 6.99. The molecule has 2 atom stereocenters. The van der Waals surface area contributed by atoms with Gasteiger partial charge in [0, 0.05) is 18.1 Å². The van der Waals surface area contributed by atoms with Gasteiger partial charge in [0.05, 0.1) is 11.8 Å². The summed E-state index contributed by atoms with van der Waals surface area (Å²) in [6, 6.07) is 8.07. The molecule has 0 fully saturated rings. The standard InChI is InChI=1S/C13H16N4O2.ClH/c1-9(18)12(14)13(19)16-10-4-2-5-11(8-10)17-7-3-6-15-17;/h2-9,12,18H,14H2,1H3,(H,16,19);1H/t9-,12+;/m1./s1. The monoisotopic (exact) mass is 296 g/mol. The minimum atomic E-state index is -0.951. The van der Waals surface area contributed by atoms with Crippen molar-refractivity contribution in [2.75, 3.05) is 5.32 Å². The molecule has 20 heavy (non-hydrogen) atoms. The maximum absolute atomic E-state index is 11.7. The molecule has 2 aromatic rings. The fourth-order valence-corrected chi connectivity index (χ4v) is 1.59. The van der Waals surface area contributed by atoms with E-state index in [2.05, 4.69) is 10.4 Å². The first-order valence-electron chi connectivity index (χ1n) is 5.92. The third-order valence-corrected chi connectivity index (χ3v) is 2.71. The van der Waals surface area contributed by atoms with E-state index < -0.39 is 18.1 Å². The van der Waals surface area contributed by atoms with E-state index in [0.717, 1.165) is 5.69 Å². The molecule has 1 aromatic carbocycles. The molecule has 108 valence electrons. The molecule has 0 bridgehead atoms. The highest BCUT2D eigenvalue weighted by Crippen LogP contribution is 2.14. The SMILES string of the molecule is C[C@@H](O)[C@H](N)C(=O)Nc1cccc(-n2cccn2)c1.Cl. The van der Waals surface area contributed by atoms with Gasteiger partial charge in [0.15, 0.2) is 0 Å². The fourth-order valence-electron chi connectivity index (χ4n) is 1.59. The second-order valence-corrected chi connectivity index (χ2v) is 4.26. The number of halogens is 1. The normalized spacial score (nSPS) is 13.2. The van der Waals surface area contributed by atoms with Crippen LogP contribution in [0.25, 0.3) is 5.69 Å². The molecule has 0 aliphatic rings. The first-order valence-corrected chi connectivity index (χ1v) is 5.92. The van der Waals surface area contributed by atoms with E-state index in [1.54, 1.807) is 29.1 Å². The Labute approximate surface area is 123 Å². The van der Waals surface area contributed by atoms with Crippen molar-refractivity contribution in [1.82, 2.24) is 9.78 Å².